The largest absolute Gasteiger partial charge is 0.379 e. The summed E-state index contributed by atoms with van der Waals surface area (Å²) < 4.78 is 7.92. The molecule has 140 valence electrons. The van der Waals surface area contributed by atoms with E-state index >= 15 is 0 Å². The number of morpholine rings is 1. The highest BCUT2D eigenvalue weighted by atomic mass is 79.9. The molecule has 26 heavy (non-hydrogen) atoms. The molecule has 2 aromatic heterocycles. The Morgan fingerprint density at radius 3 is 2.73 bits per heavy atom. The van der Waals surface area contributed by atoms with Gasteiger partial charge in [0.05, 0.1) is 27.6 Å². The SMILES string of the molecule is Cn1cc(NC(=O)c2ccc(Br)s2)cc1C(=O)NCCN1CCOCC1. The number of nitrogens with one attached hydrogen (secondary N) is 2. The Labute approximate surface area is 164 Å². The van der Waals surface area contributed by atoms with Gasteiger partial charge in [-0.25, -0.2) is 0 Å². The molecule has 1 saturated heterocycles. The van der Waals surface area contributed by atoms with Gasteiger partial charge in [0.1, 0.15) is 5.69 Å². The predicted molar refractivity (Wildman–Crippen MR) is 105 cm³/mol. The Bertz CT molecular complexity index is 783. The number of carbonyl (C=O) groups is 2. The van der Waals surface area contributed by atoms with Crippen molar-refractivity contribution in [2.45, 2.75) is 0 Å². The molecule has 1 aliphatic rings. The zero-order valence-corrected chi connectivity index (χ0v) is 16.9. The molecule has 3 heterocycles. The van der Waals surface area contributed by atoms with Gasteiger partial charge in [0.25, 0.3) is 11.8 Å². The standard InChI is InChI=1S/C17H21BrN4O3S/c1-21-11-12(20-17(24)14-2-3-15(18)26-14)10-13(21)16(23)19-4-5-22-6-8-25-9-7-22/h2-3,10-11H,4-9H2,1H3,(H,19,23)(H,20,24). The summed E-state index contributed by atoms with van der Waals surface area (Å²) in [6.07, 6.45) is 1.73. The number of hydrogen-bond donors (Lipinski definition) is 2. The summed E-state index contributed by atoms with van der Waals surface area (Å²) in [4.78, 5) is 27.5. The lowest BCUT2D eigenvalue weighted by Gasteiger charge is -2.26. The number of carbonyl (C=O) groups excluding carboxylic acids is 2. The van der Waals surface area contributed by atoms with Gasteiger partial charge in [0.15, 0.2) is 0 Å². The number of halogens is 1. The lowest BCUT2D eigenvalue weighted by Crippen LogP contribution is -2.41. The number of rotatable bonds is 6. The molecule has 2 N–H and O–H groups in total. The van der Waals surface area contributed by atoms with Crippen LogP contribution in [0.15, 0.2) is 28.2 Å². The number of anilines is 1. The highest BCUT2D eigenvalue weighted by Gasteiger charge is 2.15. The molecule has 0 aromatic carbocycles. The Balaban J connectivity index is 1.53. The summed E-state index contributed by atoms with van der Waals surface area (Å²) in [5, 5.41) is 5.75. The molecule has 0 saturated carbocycles. The molecule has 2 aromatic rings. The maximum absolute atomic E-state index is 12.4. The van der Waals surface area contributed by atoms with Crippen molar-refractivity contribution in [3.05, 3.63) is 38.8 Å². The molecule has 2 amide bonds. The molecular weight excluding hydrogens is 420 g/mol. The summed E-state index contributed by atoms with van der Waals surface area (Å²) in [6.45, 7) is 4.67. The summed E-state index contributed by atoms with van der Waals surface area (Å²) in [5.74, 6) is -0.342. The molecule has 1 aliphatic heterocycles. The molecular formula is C17H21BrN4O3S. The smallest absolute Gasteiger partial charge is 0.268 e. The highest BCUT2D eigenvalue weighted by molar-refractivity contribution is 9.11. The van der Waals surface area contributed by atoms with Crippen LogP contribution >= 0.6 is 27.3 Å². The number of aromatic nitrogens is 1. The van der Waals surface area contributed by atoms with E-state index < -0.39 is 0 Å². The van der Waals surface area contributed by atoms with E-state index in [1.54, 1.807) is 29.9 Å². The number of hydrogen-bond acceptors (Lipinski definition) is 5. The Morgan fingerprint density at radius 1 is 1.27 bits per heavy atom. The third kappa shape index (κ3) is 4.94. The average molecular weight is 441 g/mol. The maximum atomic E-state index is 12.4. The first-order valence-corrected chi connectivity index (χ1v) is 9.95. The molecule has 0 unspecified atom stereocenters. The van der Waals surface area contributed by atoms with E-state index in [9.17, 15) is 9.59 Å². The van der Waals surface area contributed by atoms with E-state index in [-0.39, 0.29) is 11.8 Å². The minimum absolute atomic E-state index is 0.153. The van der Waals surface area contributed by atoms with Crippen molar-refractivity contribution in [2.75, 3.05) is 44.7 Å². The molecule has 7 nitrogen and oxygen atoms in total. The van der Waals surface area contributed by atoms with Crippen LogP contribution in [0.5, 0.6) is 0 Å². The van der Waals surface area contributed by atoms with Gasteiger partial charge in [-0.1, -0.05) is 0 Å². The van der Waals surface area contributed by atoms with Crippen molar-refractivity contribution >= 4 is 44.8 Å². The highest BCUT2D eigenvalue weighted by Crippen LogP contribution is 2.23. The summed E-state index contributed by atoms with van der Waals surface area (Å²) in [7, 11) is 1.79. The number of aryl methyl sites for hydroxylation is 1. The van der Waals surface area contributed by atoms with E-state index in [2.05, 4.69) is 31.5 Å². The number of nitrogens with zero attached hydrogens (tertiary/aromatic N) is 2. The normalized spacial score (nSPS) is 15.0. The van der Waals surface area contributed by atoms with Gasteiger partial charge >= 0.3 is 0 Å². The van der Waals surface area contributed by atoms with E-state index in [0.717, 1.165) is 36.6 Å². The first-order valence-electron chi connectivity index (χ1n) is 8.34. The fourth-order valence-electron chi connectivity index (χ4n) is 2.73. The fourth-order valence-corrected chi connectivity index (χ4v) is 4.01. The van der Waals surface area contributed by atoms with Crippen molar-refractivity contribution in [3.8, 4) is 0 Å². The van der Waals surface area contributed by atoms with Gasteiger partial charge in [-0.3, -0.25) is 14.5 Å². The van der Waals surface area contributed by atoms with Crippen molar-refractivity contribution < 1.29 is 14.3 Å². The van der Waals surface area contributed by atoms with Crippen LogP contribution in [0, 0.1) is 0 Å². The van der Waals surface area contributed by atoms with Gasteiger partial charge in [-0.15, -0.1) is 11.3 Å². The lowest BCUT2D eigenvalue weighted by molar-refractivity contribution is 0.0383. The molecule has 0 aliphatic carbocycles. The Kier molecular flexibility index (Phi) is 6.47. The van der Waals surface area contributed by atoms with Crippen LogP contribution < -0.4 is 10.6 Å². The third-order valence-corrected chi connectivity index (χ3v) is 5.73. The van der Waals surface area contributed by atoms with Crippen molar-refractivity contribution in [2.24, 2.45) is 7.05 Å². The van der Waals surface area contributed by atoms with Gasteiger partial charge in [0.2, 0.25) is 0 Å². The van der Waals surface area contributed by atoms with Crippen LogP contribution in [-0.4, -0.2) is 60.7 Å². The minimum atomic E-state index is -0.189. The molecule has 9 heteroatoms. The van der Waals surface area contributed by atoms with E-state index in [4.69, 9.17) is 4.74 Å². The van der Waals surface area contributed by atoms with Crippen molar-refractivity contribution in [1.82, 2.24) is 14.8 Å². The fraction of sp³-hybridized carbons (Fsp3) is 0.412. The molecule has 0 bridgehead atoms. The molecule has 3 rings (SSSR count). The van der Waals surface area contributed by atoms with Crippen LogP contribution in [0.1, 0.15) is 20.2 Å². The number of ether oxygens (including phenoxy) is 1. The van der Waals surface area contributed by atoms with Crippen LogP contribution in [0.2, 0.25) is 0 Å². The van der Waals surface area contributed by atoms with Crippen LogP contribution in [0.25, 0.3) is 0 Å². The molecule has 1 fully saturated rings. The third-order valence-electron chi connectivity index (χ3n) is 4.11. The van der Waals surface area contributed by atoms with Gasteiger partial charge in [-0.2, -0.15) is 0 Å². The second-order valence-corrected chi connectivity index (χ2v) is 8.46. The van der Waals surface area contributed by atoms with Gasteiger partial charge in [0, 0.05) is 39.4 Å². The van der Waals surface area contributed by atoms with Crippen LogP contribution in [-0.2, 0) is 11.8 Å². The van der Waals surface area contributed by atoms with E-state index in [1.807, 2.05) is 6.07 Å². The maximum Gasteiger partial charge on any atom is 0.268 e. The van der Waals surface area contributed by atoms with Crippen molar-refractivity contribution in [1.29, 1.82) is 0 Å². The molecule has 0 atom stereocenters. The minimum Gasteiger partial charge on any atom is -0.379 e. The predicted octanol–water partition coefficient (Wildman–Crippen LogP) is 2.16. The first-order chi connectivity index (χ1) is 12.5. The summed E-state index contributed by atoms with van der Waals surface area (Å²) >= 11 is 4.71. The monoisotopic (exact) mass is 440 g/mol. The van der Waals surface area contributed by atoms with Crippen LogP contribution in [0.4, 0.5) is 5.69 Å². The van der Waals surface area contributed by atoms with E-state index in [1.165, 1.54) is 11.3 Å². The number of thiophene rings is 1. The quantitative estimate of drug-likeness (QED) is 0.721. The van der Waals surface area contributed by atoms with Crippen LogP contribution in [0.3, 0.4) is 0 Å². The zero-order valence-electron chi connectivity index (χ0n) is 14.5. The summed E-state index contributed by atoms with van der Waals surface area (Å²) in [6, 6.07) is 5.27. The van der Waals surface area contributed by atoms with Crippen molar-refractivity contribution in [3.63, 3.8) is 0 Å². The van der Waals surface area contributed by atoms with Gasteiger partial charge in [-0.05, 0) is 34.1 Å². The zero-order chi connectivity index (χ0) is 18.5. The Hall–Kier alpha value is -1.68. The second kappa shape index (κ2) is 8.81. The summed E-state index contributed by atoms with van der Waals surface area (Å²) in [5.41, 5.74) is 1.11. The topological polar surface area (TPSA) is 75.6 Å². The average Bonchev–Trinajstić information content (AvgIpc) is 3.21. The molecule has 0 spiro atoms. The van der Waals surface area contributed by atoms with Gasteiger partial charge < -0.3 is 19.9 Å². The lowest BCUT2D eigenvalue weighted by atomic mass is 10.3. The first kappa shape index (κ1) is 19.1. The van der Waals surface area contributed by atoms with E-state index in [0.29, 0.717) is 22.8 Å². The Morgan fingerprint density at radius 2 is 2.04 bits per heavy atom. The number of amides is 2. The molecule has 0 radical (unpaired) electrons. The second-order valence-electron chi connectivity index (χ2n) is 5.99.